The molecule has 64 heavy (non-hydrogen) atoms. The molecule has 0 saturated heterocycles. The van der Waals surface area contributed by atoms with E-state index < -0.39 is 84.1 Å². The number of nitrogens with two attached hydrogens (primary N) is 5. The summed E-state index contributed by atoms with van der Waals surface area (Å²) in [7, 11) is 0. The van der Waals surface area contributed by atoms with E-state index in [4.69, 9.17) is 28.7 Å². The molecule has 4 aromatic rings. The van der Waals surface area contributed by atoms with Crippen molar-refractivity contribution in [3.8, 4) is 0 Å². The number of amides is 6. The van der Waals surface area contributed by atoms with Gasteiger partial charge in [0.2, 0.25) is 35.4 Å². The van der Waals surface area contributed by atoms with Gasteiger partial charge in [0, 0.05) is 54.8 Å². The van der Waals surface area contributed by atoms with Crippen molar-refractivity contribution in [2.45, 2.75) is 94.0 Å². The van der Waals surface area contributed by atoms with Gasteiger partial charge in [-0.05, 0) is 55.8 Å². The van der Waals surface area contributed by atoms with Gasteiger partial charge in [0.15, 0.2) is 5.96 Å². The number of para-hydroxylation sites is 1. The topological polar surface area (TPSA) is 387 Å². The molecule has 22 nitrogen and oxygen atoms in total. The van der Waals surface area contributed by atoms with Gasteiger partial charge in [0.25, 0.3) is 0 Å². The minimum absolute atomic E-state index is 0.0310. The number of fused-ring (bicyclic) bond motifs is 1. The highest BCUT2D eigenvalue weighted by molar-refractivity contribution is 5.97. The zero-order valence-corrected chi connectivity index (χ0v) is 35.3. The van der Waals surface area contributed by atoms with Crippen LogP contribution in [0.15, 0.2) is 78.3 Å². The molecule has 18 N–H and O–H groups in total. The Morgan fingerprint density at radius 3 is 1.88 bits per heavy atom. The summed E-state index contributed by atoms with van der Waals surface area (Å²) in [6.45, 7) is 0.448. The third kappa shape index (κ3) is 15.9. The second kappa shape index (κ2) is 24.9. The van der Waals surface area contributed by atoms with Crippen molar-refractivity contribution in [1.82, 2.24) is 41.5 Å². The molecule has 2 aromatic heterocycles. The molecule has 0 spiro atoms. The fourth-order valence-electron chi connectivity index (χ4n) is 6.81. The molecule has 2 aromatic carbocycles. The number of aromatic amines is 2. The minimum atomic E-state index is -1.49. The average molecular weight is 887 g/mol. The molecule has 0 aliphatic heterocycles. The van der Waals surface area contributed by atoms with E-state index >= 15 is 0 Å². The number of unbranched alkanes of at least 4 members (excludes halogenated alkanes) is 1. The number of rotatable bonds is 27. The van der Waals surface area contributed by atoms with Crippen LogP contribution in [0.2, 0.25) is 0 Å². The number of H-pyrrole nitrogens is 2. The summed E-state index contributed by atoms with van der Waals surface area (Å²) in [4.78, 5) is 107. The highest BCUT2D eigenvalue weighted by Crippen LogP contribution is 2.20. The third-order valence-corrected chi connectivity index (χ3v) is 10.2. The Bertz CT molecular complexity index is 2210. The van der Waals surface area contributed by atoms with Crippen molar-refractivity contribution < 1.29 is 38.7 Å². The number of nitrogens with zero attached hydrogens (tertiary/aromatic N) is 2. The third-order valence-electron chi connectivity index (χ3n) is 10.2. The molecular formula is C42H58N14O8. The fraction of sp³-hybridized carbons (Fsp3) is 0.405. The lowest BCUT2D eigenvalue weighted by Crippen LogP contribution is -2.60. The lowest BCUT2D eigenvalue weighted by Gasteiger charge is -2.27. The number of carboxylic acid groups (broad SMARTS) is 1. The number of imidazole rings is 1. The van der Waals surface area contributed by atoms with Crippen LogP contribution in [0.25, 0.3) is 10.9 Å². The van der Waals surface area contributed by atoms with E-state index in [-0.39, 0.29) is 51.0 Å². The van der Waals surface area contributed by atoms with Crippen LogP contribution in [0.3, 0.4) is 0 Å². The van der Waals surface area contributed by atoms with E-state index in [1.165, 1.54) is 12.5 Å². The molecule has 0 unspecified atom stereocenters. The van der Waals surface area contributed by atoms with Crippen LogP contribution in [0.5, 0.6) is 0 Å². The van der Waals surface area contributed by atoms with Crippen LogP contribution in [0.1, 0.15) is 55.3 Å². The molecule has 6 atom stereocenters. The number of primary amides is 1. The maximum absolute atomic E-state index is 14.4. The Balaban J connectivity index is 1.65. The molecule has 0 saturated carbocycles. The predicted octanol–water partition coefficient (Wildman–Crippen LogP) is -2.19. The van der Waals surface area contributed by atoms with Gasteiger partial charge in [0.05, 0.1) is 18.8 Å². The number of carbonyl (C=O) groups is 7. The number of aliphatic imine (C=N–C) groups is 1. The smallest absolute Gasteiger partial charge is 0.305 e. The van der Waals surface area contributed by atoms with E-state index in [2.05, 4.69) is 46.5 Å². The van der Waals surface area contributed by atoms with Crippen LogP contribution in [0, 0.1) is 0 Å². The van der Waals surface area contributed by atoms with Gasteiger partial charge in [-0.15, -0.1) is 0 Å². The normalized spacial score (nSPS) is 13.8. The van der Waals surface area contributed by atoms with Crippen LogP contribution < -0.4 is 55.3 Å². The molecule has 0 aliphatic rings. The molecule has 2 heterocycles. The summed E-state index contributed by atoms with van der Waals surface area (Å²) in [6, 6.07) is 8.16. The summed E-state index contributed by atoms with van der Waals surface area (Å²) >= 11 is 0. The molecule has 22 heteroatoms. The van der Waals surface area contributed by atoms with E-state index in [1.807, 2.05) is 24.3 Å². The zero-order chi connectivity index (χ0) is 46.6. The highest BCUT2D eigenvalue weighted by atomic mass is 16.4. The van der Waals surface area contributed by atoms with Crippen LogP contribution in [-0.4, -0.2) is 117 Å². The first kappa shape index (κ1) is 49.3. The quantitative estimate of drug-likeness (QED) is 0.0172. The van der Waals surface area contributed by atoms with Gasteiger partial charge in [-0.2, -0.15) is 0 Å². The molecule has 0 bridgehead atoms. The Morgan fingerprint density at radius 2 is 1.25 bits per heavy atom. The first-order valence-corrected chi connectivity index (χ1v) is 20.7. The predicted molar refractivity (Wildman–Crippen MR) is 236 cm³/mol. The van der Waals surface area contributed by atoms with Gasteiger partial charge in [-0.25, -0.2) is 4.98 Å². The van der Waals surface area contributed by atoms with Crippen molar-refractivity contribution in [3.63, 3.8) is 0 Å². The van der Waals surface area contributed by atoms with E-state index in [1.54, 1.807) is 36.5 Å². The Hall–Kier alpha value is -7.33. The second-order valence-electron chi connectivity index (χ2n) is 15.2. The minimum Gasteiger partial charge on any atom is -0.481 e. The molecular weight excluding hydrogens is 829 g/mol. The van der Waals surface area contributed by atoms with Gasteiger partial charge >= 0.3 is 5.97 Å². The number of hydrogen-bond donors (Lipinski definition) is 13. The van der Waals surface area contributed by atoms with Crippen LogP contribution >= 0.6 is 0 Å². The number of guanidine groups is 1. The molecule has 0 aliphatic carbocycles. The van der Waals surface area contributed by atoms with Gasteiger partial charge in [-0.1, -0.05) is 48.5 Å². The van der Waals surface area contributed by atoms with Crippen LogP contribution in [-0.2, 0) is 52.8 Å². The maximum Gasteiger partial charge on any atom is 0.305 e. The number of aliphatic carboxylic acids is 1. The number of nitrogens with one attached hydrogen (secondary N) is 7. The van der Waals surface area contributed by atoms with Gasteiger partial charge in [-0.3, -0.25) is 38.6 Å². The SMILES string of the molecule is NCCCC[C@H](NC(=O)[C@H](Cc1c[nH]c2ccccc12)NC(=O)[C@H](CCCN=C(N)N)NC(=O)[C@@H](Cc1ccccc1)NC(=O)[C@H](Cc1cnc[nH]1)NC(=O)[C@@H](N)CC(=O)O)C(N)=O. The first-order chi connectivity index (χ1) is 30.6. The summed E-state index contributed by atoms with van der Waals surface area (Å²) < 4.78 is 0. The summed E-state index contributed by atoms with van der Waals surface area (Å²) in [5.74, 6) is -6.34. The monoisotopic (exact) mass is 886 g/mol. The van der Waals surface area contributed by atoms with Crippen molar-refractivity contribution in [2.75, 3.05) is 13.1 Å². The number of carbonyl (C=O) groups excluding carboxylic acids is 6. The Kier molecular flexibility index (Phi) is 19.2. The van der Waals surface area contributed by atoms with Crippen molar-refractivity contribution in [3.05, 3.63) is 90.1 Å². The zero-order valence-electron chi connectivity index (χ0n) is 35.3. The average Bonchev–Trinajstić information content (AvgIpc) is 3.93. The summed E-state index contributed by atoms with van der Waals surface area (Å²) in [5, 5.41) is 23.3. The van der Waals surface area contributed by atoms with Crippen LogP contribution in [0.4, 0.5) is 0 Å². The standard InChI is InChI=1S/C42H58N14O8/c43-15-7-6-13-30(36(45)59)52-40(63)33(18-25-21-50-29-12-5-4-11-27(25)29)56-38(61)31(14-8-16-49-42(46)47)53-39(62)32(17-24-9-2-1-3-10-24)55-41(64)34(19-26-22-48-23-51-26)54-37(60)28(44)20-35(57)58/h1-5,9-12,21-23,28,30-34,50H,6-8,13-20,43-44H2,(H2,45,59)(H,48,51)(H,52,63)(H,53,62)(H,54,60)(H,55,64)(H,56,61)(H,57,58)(H4,46,47,49)/t28-,30-,31-,32+,33-,34-/m0/s1. The van der Waals surface area contributed by atoms with E-state index in [0.29, 0.717) is 36.2 Å². The van der Waals surface area contributed by atoms with Gasteiger partial charge in [0.1, 0.15) is 30.2 Å². The first-order valence-electron chi connectivity index (χ1n) is 20.7. The second-order valence-corrected chi connectivity index (χ2v) is 15.2. The molecule has 344 valence electrons. The van der Waals surface area contributed by atoms with Crippen molar-refractivity contribution >= 4 is 58.3 Å². The molecule has 6 amide bonds. The number of aromatic nitrogens is 3. The largest absolute Gasteiger partial charge is 0.481 e. The summed E-state index contributed by atoms with van der Waals surface area (Å²) in [5.41, 5.74) is 30.7. The fourth-order valence-corrected chi connectivity index (χ4v) is 6.81. The lowest BCUT2D eigenvalue weighted by molar-refractivity contribution is -0.140. The van der Waals surface area contributed by atoms with E-state index in [0.717, 1.165) is 10.9 Å². The van der Waals surface area contributed by atoms with Gasteiger partial charge < -0.3 is 70.3 Å². The van der Waals surface area contributed by atoms with Crippen molar-refractivity contribution in [2.24, 2.45) is 33.7 Å². The molecule has 4 rings (SSSR count). The maximum atomic E-state index is 14.4. The number of benzene rings is 2. The molecule has 0 radical (unpaired) electrons. The number of hydrogen-bond acceptors (Lipinski definition) is 11. The number of carboxylic acids is 1. The highest BCUT2D eigenvalue weighted by Gasteiger charge is 2.33. The Morgan fingerprint density at radius 1 is 0.672 bits per heavy atom. The van der Waals surface area contributed by atoms with E-state index in [9.17, 15) is 38.7 Å². The lowest BCUT2D eigenvalue weighted by atomic mass is 10.0. The van der Waals surface area contributed by atoms with Crippen molar-refractivity contribution in [1.29, 1.82) is 0 Å². The Labute approximate surface area is 368 Å². The summed E-state index contributed by atoms with van der Waals surface area (Å²) in [6.07, 6.45) is 4.98. The molecule has 0 fully saturated rings.